The summed E-state index contributed by atoms with van der Waals surface area (Å²) in [5, 5.41) is 13.6. The van der Waals surface area contributed by atoms with Gasteiger partial charge in [-0.05, 0) is 36.8 Å². The molecule has 136 valence electrons. The summed E-state index contributed by atoms with van der Waals surface area (Å²) in [5.74, 6) is 0.534. The average Bonchev–Trinajstić information content (AvgIpc) is 3.39. The van der Waals surface area contributed by atoms with E-state index in [0.717, 1.165) is 50.6 Å². The lowest BCUT2D eigenvalue weighted by Gasteiger charge is -2.08. The third-order valence-corrected chi connectivity index (χ3v) is 7.66. The molecule has 26 heavy (non-hydrogen) atoms. The number of nitrogens with zero attached hydrogens (tertiary/aromatic N) is 2. The first-order chi connectivity index (χ1) is 12.7. The third kappa shape index (κ3) is 3.93. The molecule has 5 nitrogen and oxygen atoms in total. The summed E-state index contributed by atoms with van der Waals surface area (Å²) in [4.78, 5) is 13.5. The molecule has 2 aromatic heterocycles. The lowest BCUT2D eigenvalue weighted by molar-refractivity contribution is 0.102. The predicted molar refractivity (Wildman–Crippen MR) is 109 cm³/mol. The molecule has 0 bridgehead atoms. The van der Waals surface area contributed by atoms with Crippen LogP contribution in [0.2, 0.25) is 0 Å². The van der Waals surface area contributed by atoms with Gasteiger partial charge in [0.2, 0.25) is 5.13 Å². The van der Waals surface area contributed by atoms with Crippen LogP contribution < -0.4 is 5.32 Å². The van der Waals surface area contributed by atoms with Gasteiger partial charge < -0.3 is 10.1 Å². The number of benzene rings is 1. The molecule has 3 heterocycles. The summed E-state index contributed by atoms with van der Waals surface area (Å²) < 4.78 is 7.56. The van der Waals surface area contributed by atoms with E-state index >= 15 is 0 Å². The van der Waals surface area contributed by atoms with Crippen molar-refractivity contribution >= 4 is 55.4 Å². The van der Waals surface area contributed by atoms with Gasteiger partial charge in [-0.15, -0.1) is 21.5 Å². The van der Waals surface area contributed by atoms with Crippen LogP contribution in [0.4, 0.5) is 5.13 Å². The number of Topliss-reactive ketones (excluding diaryl/α,β-unsaturated/α-hetero) is 1. The van der Waals surface area contributed by atoms with E-state index in [4.69, 9.17) is 4.74 Å². The topological polar surface area (TPSA) is 64.1 Å². The Morgan fingerprint density at radius 3 is 3.04 bits per heavy atom. The van der Waals surface area contributed by atoms with E-state index in [2.05, 4.69) is 27.6 Å². The van der Waals surface area contributed by atoms with Crippen molar-refractivity contribution in [3.8, 4) is 0 Å². The van der Waals surface area contributed by atoms with Crippen LogP contribution >= 0.6 is 34.4 Å². The van der Waals surface area contributed by atoms with Crippen molar-refractivity contribution in [2.45, 2.75) is 30.2 Å². The maximum Gasteiger partial charge on any atom is 0.206 e. The van der Waals surface area contributed by atoms with Crippen molar-refractivity contribution in [2.24, 2.45) is 0 Å². The maximum atomic E-state index is 12.6. The Kier molecular flexibility index (Phi) is 5.54. The summed E-state index contributed by atoms with van der Waals surface area (Å²) in [7, 11) is 0. The highest BCUT2D eigenvalue weighted by Crippen LogP contribution is 2.33. The van der Waals surface area contributed by atoms with Crippen LogP contribution in [0.15, 0.2) is 28.6 Å². The normalized spacial score (nSPS) is 17.0. The van der Waals surface area contributed by atoms with Crippen LogP contribution in [0, 0.1) is 6.92 Å². The molecule has 3 aromatic rings. The number of ketones is 1. The van der Waals surface area contributed by atoms with E-state index in [1.165, 1.54) is 28.5 Å². The number of nitrogens with one attached hydrogen (secondary N) is 1. The summed E-state index contributed by atoms with van der Waals surface area (Å²) in [6.45, 7) is 3.64. The molecule has 1 N–H and O–H groups in total. The molecule has 0 aliphatic carbocycles. The first-order valence-corrected chi connectivity index (χ1v) is 11.2. The second kappa shape index (κ2) is 8.04. The molecular formula is C18H19N3O2S3. The van der Waals surface area contributed by atoms with Gasteiger partial charge >= 0.3 is 0 Å². The fraction of sp³-hybridized carbons (Fsp3) is 0.389. The third-order valence-electron chi connectivity index (χ3n) is 4.34. The summed E-state index contributed by atoms with van der Waals surface area (Å²) >= 11 is 4.51. The lowest BCUT2D eigenvalue weighted by Crippen LogP contribution is -2.18. The largest absolute Gasteiger partial charge is 0.376 e. The van der Waals surface area contributed by atoms with Crippen molar-refractivity contribution in [2.75, 3.05) is 24.2 Å². The number of carbonyl (C=O) groups is 1. The van der Waals surface area contributed by atoms with E-state index in [1.807, 2.05) is 19.1 Å². The first-order valence-electron chi connectivity index (χ1n) is 8.54. The zero-order valence-electron chi connectivity index (χ0n) is 14.4. The second-order valence-corrected chi connectivity index (χ2v) is 9.41. The van der Waals surface area contributed by atoms with Crippen molar-refractivity contribution < 1.29 is 9.53 Å². The molecule has 1 aromatic carbocycles. The number of aromatic nitrogens is 2. The number of thioether (sulfide) groups is 1. The Morgan fingerprint density at radius 2 is 2.23 bits per heavy atom. The molecular weight excluding hydrogens is 386 g/mol. The zero-order valence-corrected chi connectivity index (χ0v) is 16.8. The smallest absolute Gasteiger partial charge is 0.206 e. The molecule has 0 radical (unpaired) electrons. The van der Waals surface area contributed by atoms with E-state index in [0.29, 0.717) is 5.75 Å². The standard InChI is InChI=1S/C18H19N3O2S3/c1-11-13-6-2-3-7-15(13)25-16(11)14(22)10-24-18-21-20-17(26-18)19-9-12-5-4-8-23-12/h2-3,6-7,12H,4-5,8-10H2,1H3,(H,19,20)/t12-/m1/s1. The van der Waals surface area contributed by atoms with Crippen molar-refractivity contribution in [1.29, 1.82) is 0 Å². The van der Waals surface area contributed by atoms with Crippen LogP contribution in [0.3, 0.4) is 0 Å². The average molecular weight is 406 g/mol. The number of aryl methyl sites for hydroxylation is 1. The molecule has 0 spiro atoms. The molecule has 0 saturated carbocycles. The highest BCUT2D eigenvalue weighted by molar-refractivity contribution is 8.01. The van der Waals surface area contributed by atoms with Crippen LogP contribution in [0.1, 0.15) is 28.1 Å². The van der Waals surface area contributed by atoms with Gasteiger partial charge in [-0.2, -0.15) is 0 Å². The number of rotatable bonds is 7. The SMILES string of the molecule is Cc1c(C(=O)CSc2nnc(NC[C@H]3CCCO3)s2)sc2ccccc12. The molecule has 4 rings (SSSR count). The minimum Gasteiger partial charge on any atom is -0.376 e. The number of ether oxygens (including phenoxy) is 1. The summed E-state index contributed by atoms with van der Waals surface area (Å²) in [5.41, 5.74) is 1.08. The summed E-state index contributed by atoms with van der Waals surface area (Å²) in [6, 6.07) is 8.15. The van der Waals surface area contributed by atoms with Crippen molar-refractivity contribution in [3.63, 3.8) is 0 Å². The first kappa shape index (κ1) is 17.9. The van der Waals surface area contributed by atoms with Gasteiger partial charge in [0.25, 0.3) is 0 Å². The van der Waals surface area contributed by atoms with Gasteiger partial charge in [-0.3, -0.25) is 4.79 Å². The minimum atomic E-state index is 0.151. The quantitative estimate of drug-likeness (QED) is 0.457. The Morgan fingerprint density at radius 1 is 1.35 bits per heavy atom. The monoisotopic (exact) mass is 405 g/mol. The Bertz CT molecular complexity index is 915. The van der Waals surface area contributed by atoms with Crippen LogP contribution in [0.25, 0.3) is 10.1 Å². The lowest BCUT2D eigenvalue weighted by atomic mass is 10.1. The molecule has 1 fully saturated rings. The number of hydrogen-bond acceptors (Lipinski definition) is 8. The zero-order chi connectivity index (χ0) is 17.9. The highest BCUT2D eigenvalue weighted by atomic mass is 32.2. The van der Waals surface area contributed by atoms with Gasteiger partial charge in [0, 0.05) is 17.9 Å². The van der Waals surface area contributed by atoms with Crippen molar-refractivity contribution in [1.82, 2.24) is 10.2 Å². The molecule has 0 unspecified atom stereocenters. The minimum absolute atomic E-state index is 0.151. The van der Waals surface area contributed by atoms with Gasteiger partial charge in [0.05, 0.1) is 16.7 Å². The Hall–Kier alpha value is -1.48. The fourth-order valence-electron chi connectivity index (χ4n) is 2.98. The van der Waals surface area contributed by atoms with Gasteiger partial charge in [-0.25, -0.2) is 0 Å². The maximum absolute atomic E-state index is 12.6. The molecule has 1 saturated heterocycles. The Labute approximate surface area is 164 Å². The van der Waals surface area contributed by atoms with E-state index in [-0.39, 0.29) is 11.9 Å². The van der Waals surface area contributed by atoms with Gasteiger partial charge in [0.1, 0.15) is 0 Å². The van der Waals surface area contributed by atoms with Crippen molar-refractivity contribution in [3.05, 3.63) is 34.7 Å². The van der Waals surface area contributed by atoms with E-state index in [1.54, 1.807) is 11.3 Å². The molecule has 8 heteroatoms. The molecule has 0 amide bonds. The van der Waals surface area contributed by atoms with Gasteiger partial charge in [0.15, 0.2) is 10.1 Å². The van der Waals surface area contributed by atoms with Gasteiger partial charge in [-0.1, -0.05) is 41.3 Å². The number of carbonyl (C=O) groups excluding carboxylic acids is 1. The number of hydrogen-bond donors (Lipinski definition) is 1. The van der Waals surface area contributed by atoms with Crippen LogP contribution in [0.5, 0.6) is 0 Å². The number of anilines is 1. The van der Waals surface area contributed by atoms with Crippen LogP contribution in [-0.4, -0.2) is 41.0 Å². The number of thiophene rings is 1. The van der Waals surface area contributed by atoms with E-state index in [9.17, 15) is 4.79 Å². The molecule has 1 atom stereocenters. The second-order valence-electron chi connectivity index (χ2n) is 6.15. The number of fused-ring (bicyclic) bond motifs is 1. The fourth-order valence-corrected chi connectivity index (χ4v) is 5.85. The van der Waals surface area contributed by atoms with E-state index < -0.39 is 0 Å². The molecule has 1 aliphatic rings. The Balaban J connectivity index is 1.34. The predicted octanol–water partition coefficient (Wildman–Crippen LogP) is 4.63. The highest BCUT2D eigenvalue weighted by Gasteiger charge is 2.18. The summed E-state index contributed by atoms with van der Waals surface area (Å²) in [6.07, 6.45) is 2.49. The molecule has 1 aliphatic heterocycles. The van der Waals surface area contributed by atoms with Crippen LogP contribution in [-0.2, 0) is 4.74 Å².